The summed E-state index contributed by atoms with van der Waals surface area (Å²) in [4.78, 5) is 12.7. The number of esters is 1. The van der Waals surface area contributed by atoms with Gasteiger partial charge in [-0.2, -0.15) is 0 Å². The topological polar surface area (TPSA) is 54.0 Å². The lowest BCUT2D eigenvalue weighted by molar-refractivity contribution is -0.155. The Bertz CT molecular complexity index is 953. The number of carbonyl (C=O) groups is 1. The molecule has 0 fully saturated rings. The fraction of sp³-hybridized carbons (Fsp3) is 0.240. The average molecular weight is 406 g/mol. The Morgan fingerprint density at radius 2 is 1.50 bits per heavy atom. The molecule has 5 heteroatoms. The van der Waals surface area contributed by atoms with Crippen LogP contribution in [-0.2, 0) is 16.1 Å². The van der Waals surface area contributed by atoms with Crippen molar-refractivity contribution in [2.24, 2.45) is 5.92 Å². The van der Waals surface area contributed by atoms with Crippen LogP contribution >= 0.6 is 0 Å². The summed E-state index contributed by atoms with van der Waals surface area (Å²) in [5.41, 5.74) is 0.830. The predicted octanol–water partition coefficient (Wildman–Crippen LogP) is 5.63. The third kappa shape index (κ3) is 5.77. The Hall–Kier alpha value is -3.47. The molecule has 0 aliphatic carbocycles. The van der Waals surface area contributed by atoms with E-state index < -0.39 is 12.1 Å². The van der Waals surface area contributed by atoms with Gasteiger partial charge in [0.25, 0.3) is 0 Å². The lowest BCUT2D eigenvalue weighted by Crippen LogP contribution is -2.34. The van der Waals surface area contributed by atoms with E-state index in [0.717, 1.165) is 11.3 Å². The van der Waals surface area contributed by atoms with Crippen molar-refractivity contribution < 1.29 is 23.7 Å². The smallest absolute Gasteiger partial charge is 0.347 e. The fourth-order valence-electron chi connectivity index (χ4n) is 2.87. The van der Waals surface area contributed by atoms with Gasteiger partial charge in [0.05, 0.1) is 7.11 Å². The SMILES string of the molecule is COc1ccccc1OC(C(=O)OCc1cccc(Oc2ccccc2)c1)C(C)C. The quantitative estimate of drug-likeness (QED) is 0.431. The highest BCUT2D eigenvalue weighted by molar-refractivity contribution is 5.75. The van der Waals surface area contributed by atoms with Crippen LogP contribution in [0, 0.1) is 5.92 Å². The fourth-order valence-corrected chi connectivity index (χ4v) is 2.87. The summed E-state index contributed by atoms with van der Waals surface area (Å²) < 4.78 is 22.6. The molecule has 1 unspecified atom stereocenters. The van der Waals surface area contributed by atoms with E-state index in [-0.39, 0.29) is 12.5 Å². The second-order valence-corrected chi connectivity index (χ2v) is 7.10. The molecule has 0 heterocycles. The van der Waals surface area contributed by atoms with E-state index >= 15 is 0 Å². The highest BCUT2D eigenvalue weighted by Gasteiger charge is 2.27. The molecule has 0 saturated heterocycles. The summed E-state index contributed by atoms with van der Waals surface area (Å²) in [7, 11) is 1.56. The third-order valence-corrected chi connectivity index (χ3v) is 4.42. The molecule has 3 aromatic carbocycles. The summed E-state index contributed by atoms with van der Waals surface area (Å²) >= 11 is 0. The maximum atomic E-state index is 12.7. The van der Waals surface area contributed by atoms with Crippen molar-refractivity contribution in [3.8, 4) is 23.0 Å². The molecule has 0 aromatic heterocycles. The van der Waals surface area contributed by atoms with E-state index in [9.17, 15) is 4.79 Å². The Balaban J connectivity index is 1.63. The molecule has 0 amide bonds. The van der Waals surface area contributed by atoms with Crippen molar-refractivity contribution >= 4 is 5.97 Å². The zero-order valence-corrected chi connectivity index (χ0v) is 17.4. The standard InChI is InChI=1S/C25H26O5/c1-18(2)24(30-23-15-8-7-14-22(23)27-3)25(26)28-17-19-10-9-13-21(16-19)29-20-11-5-4-6-12-20/h4-16,18,24H,17H2,1-3H3. The minimum Gasteiger partial charge on any atom is -0.493 e. The van der Waals surface area contributed by atoms with Gasteiger partial charge in [0.1, 0.15) is 18.1 Å². The number of para-hydroxylation sites is 3. The van der Waals surface area contributed by atoms with E-state index in [1.54, 1.807) is 19.2 Å². The van der Waals surface area contributed by atoms with Crippen molar-refractivity contribution in [3.63, 3.8) is 0 Å². The predicted molar refractivity (Wildman–Crippen MR) is 115 cm³/mol. The number of carbonyl (C=O) groups excluding carboxylic acids is 1. The molecular weight excluding hydrogens is 380 g/mol. The van der Waals surface area contributed by atoms with Gasteiger partial charge in [-0.25, -0.2) is 4.79 Å². The minimum absolute atomic E-state index is 0.0739. The molecule has 3 rings (SSSR count). The molecule has 5 nitrogen and oxygen atoms in total. The van der Waals surface area contributed by atoms with E-state index in [2.05, 4.69) is 0 Å². The van der Waals surface area contributed by atoms with Crippen molar-refractivity contribution in [2.75, 3.05) is 7.11 Å². The molecule has 0 aliphatic heterocycles. The summed E-state index contributed by atoms with van der Waals surface area (Å²) in [6, 6.07) is 24.2. The molecule has 0 bridgehead atoms. The normalized spacial score (nSPS) is 11.6. The van der Waals surface area contributed by atoms with Crippen LogP contribution in [0.15, 0.2) is 78.9 Å². The van der Waals surface area contributed by atoms with Crippen LogP contribution in [0.25, 0.3) is 0 Å². The van der Waals surface area contributed by atoms with Gasteiger partial charge < -0.3 is 18.9 Å². The Morgan fingerprint density at radius 1 is 0.833 bits per heavy atom. The van der Waals surface area contributed by atoms with Crippen molar-refractivity contribution in [1.29, 1.82) is 0 Å². The zero-order valence-electron chi connectivity index (χ0n) is 17.4. The summed E-state index contributed by atoms with van der Waals surface area (Å²) in [6.45, 7) is 3.95. The molecule has 0 spiro atoms. The third-order valence-electron chi connectivity index (χ3n) is 4.42. The van der Waals surface area contributed by atoms with Gasteiger partial charge in [0.2, 0.25) is 0 Å². The van der Waals surface area contributed by atoms with Gasteiger partial charge >= 0.3 is 5.97 Å². The van der Waals surface area contributed by atoms with Crippen LogP contribution in [0.4, 0.5) is 0 Å². The number of rotatable bonds is 9. The van der Waals surface area contributed by atoms with Crippen LogP contribution in [0.3, 0.4) is 0 Å². The molecule has 0 N–H and O–H groups in total. The van der Waals surface area contributed by atoms with Crippen LogP contribution < -0.4 is 14.2 Å². The minimum atomic E-state index is -0.745. The molecule has 3 aromatic rings. The zero-order chi connectivity index (χ0) is 21.3. The first-order valence-corrected chi connectivity index (χ1v) is 9.85. The molecule has 30 heavy (non-hydrogen) atoms. The number of benzene rings is 3. The summed E-state index contributed by atoms with van der Waals surface area (Å²) in [5, 5.41) is 0. The summed E-state index contributed by atoms with van der Waals surface area (Å²) in [6.07, 6.45) is -0.745. The van der Waals surface area contributed by atoms with Gasteiger partial charge in [0, 0.05) is 5.92 Å². The Labute approximate surface area is 177 Å². The molecule has 0 radical (unpaired) electrons. The molecule has 1 atom stereocenters. The van der Waals surface area contributed by atoms with E-state index in [1.807, 2.05) is 80.6 Å². The van der Waals surface area contributed by atoms with Crippen molar-refractivity contribution in [2.45, 2.75) is 26.6 Å². The molecular formula is C25H26O5. The lowest BCUT2D eigenvalue weighted by atomic mass is 10.1. The lowest BCUT2D eigenvalue weighted by Gasteiger charge is -2.22. The van der Waals surface area contributed by atoms with E-state index in [4.69, 9.17) is 18.9 Å². The number of hydrogen-bond donors (Lipinski definition) is 0. The second-order valence-electron chi connectivity index (χ2n) is 7.10. The first kappa shape index (κ1) is 21.2. The second kappa shape index (κ2) is 10.3. The van der Waals surface area contributed by atoms with Gasteiger partial charge in [-0.15, -0.1) is 0 Å². The molecule has 0 saturated carbocycles. The van der Waals surface area contributed by atoms with Crippen LogP contribution in [0.1, 0.15) is 19.4 Å². The number of hydrogen-bond acceptors (Lipinski definition) is 5. The monoisotopic (exact) mass is 406 g/mol. The van der Waals surface area contributed by atoms with Gasteiger partial charge in [-0.3, -0.25) is 0 Å². The average Bonchev–Trinajstić information content (AvgIpc) is 2.77. The molecule has 0 aliphatic rings. The maximum absolute atomic E-state index is 12.7. The van der Waals surface area contributed by atoms with Gasteiger partial charge in [-0.05, 0) is 42.0 Å². The van der Waals surface area contributed by atoms with E-state index in [0.29, 0.717) is 17.2 Å². The van der Waals surface area contributed by atoms with Crippen LogP contribution in [0.5, 0.6) is 23.0 Å². The highest BCUT2D eigenvalue weighted by Crippen LogP contribution is 2.28. The van der Waals surface area contributed by atoms with Crippen molar-refractivity contribution in [1.82, 2.24) is 0 Å². The number of ether oxygens (including phenoxy) is 4. The van der Waals surface area contributed by atoms with Crippen LogP contribution in [0.2, 0.25) is 0 Å². The molecule has 156 valence electrons. The van der Waals surface area contributed by atoms with E-state index in [1.165, 1.54) is 0 Å². The first-order valence-electron chi connectivity index (χ1n) is 9.85. The number of methoxy groups -OCH3 is 1. The van der Waals surface area contributed by atoms with Gasteiger partial charge in [-0.1, -0.05) is 56.3 Å². The van der Waals surface area contributed by atoms with Gasteiger partial charge in [0.15, 0.2) is 17.6 Å². The maximum Gasteiger partial charge on any atom is 0.347 e. The largest absolute Gasteiger partial charge is 0.493 e. The first-order chi connectivity index (χ1) is 14.6. The summed E-state index contributed by atoms with van der Waals surface area (Å²) in [5.74, 6) is 2.01. The highest BCUT2D eigenvalue weighted by atomic mass is 16.6. The van der Waals surface area contributed by atoms with Crippen LogP contribution in [-0.4, -0.2) is 19.2 Å². The Kier molecular flexibility index (Phi) is 7.33. The van der Waals surface area contributed by atoms with Crippen molar-refractivity contribution in [3.05, 3.63) is 84.4 Å². The Morgan fingerprint density at radius 3 is 2.20 bits per heavy atom.